The minimum Gasteiger partial charge on any atom is -0.507 e. The van der Waals surface area contributed by atoms with E-state index in [9.17, 15) is 9.90 Å². The molecule has 110 valence electrons. The molecule has 4 heteroatoms. The number of phenolic OH excluding ortho intramolecular Hbond substituents is 1. The summed E-state index contributed by atoms with van der Waals surface area (Å²) in [5.74, 6) is 0.315. The standard InChI is InChI=1S/C17H19NO3/c1-3-12(2)21-14-8-6-7-13(11-14)18-17(20)15-9-4-5-10-16(15)19/h4-12,19H,3H2,1-2H3,(H,18,20). The van der Waals surface area contributed by atoms with E-state index in [-0.39, 0.29) is 23.3 Å². The van der Waals surface area contributed by atoms with Crippen LogP contribution in [0.15, 0.2) is 48.5 Å². The summed E-state index contributed by atoms with van der Waals surface area (Å²) in [5, 5.41) is 12.4. The number of rotatable bonds is 5. The summed E-state index contributed by atoms with van der Waals surface area (Å²) >= 11 is 0. The zero-order valence-corrected chi connectivity index (χ0v) is 12.2. The Morgan fingerprint density at radius 3 is 2.71 bits per heavy atom. The molecule has 0 saturated carbocycles. The molecule has 0 fully saturated rings. The van der Waals surface area contributed by atoms with Gasteiger partial charge in [0.25, 0.3) is 5.91 Å². The van der Waals surface area contributed by atoms with Crippen molar-refractivity contribution in [2.45, 2.75) is 26.4 Å². The smallest absolute Gasteiger partial charge is 0.259 e. The Labute approximate surface area is 124 Å². The molecule has 0 aromatic heterocycles. The highest BCUT2D eigenvalue weighted by atomic mass is 16.5. The van der Waals surface area contributed by atoms with Gasteiger partial charge in [-0.3, -0.25) is 4.79 Å². The second kappa shape index (κ2) is 6.79. The Morgan fingerprint density at radius 2 is 2.00 bits per heavy atom. The lowest BCUT2D eigenvalue weighted by Crippen LogP contribution is -2.13. The molecule has 0 aliphatic carbocycles. The summed E-state index contributed by atoms with van der Waals surface area (Å²) in [6, 6.07) is 13.6. The molecular formula is C17H19NO3. The van der Waals surface area contributed by atoms with Crippen molar-refractivity contribution in [3.8, 4) is 11.5 Å². The lowest BCUT2D eigenvalue weighted by atomic mass is 10.2. The summed E-state index contributed by atoms with van der Waals surface area (Å²) in [7, 11) is 0. The van der Waals surface area contributed by atoms with Gasteiger partial charge in [0.1, 0.15) is 11.5 Å². The minimum atomic E-state index is -0.353. The molecular weight excluding hydrogens is 266 g/mol. The molecule has 0 saturated heterocycles. The molecule has 1 unspecified atom stereocenters. The number of nitrogens with one attached hydrogen (secondary N) is 1. The first-order valence-corrected chi connectivity index (χ1v) is 6.96. The molecule has 2 aromatic rings. The van der Waals surface area contributed by atoms with Gasteiger partial charge in [0.15, 0.2) is 0 Å². The lowest BCUT2D eigenvalue weighted by molar-refractivity contribution is 0.102. The van der Waals surface area contributed by atoms with Gasteiger partial charge >= 0.3 is 0 Å². The molecule has 0 aliphatic rings. The van der Waals surface area contributed by atoms with E-state index in [0.717, 1.165) is 6.42 Å². The fourth-order valence-corrected chi connectivity index (χ4v) is 1.83. The summed E-state index contributed by atoms with van der Waals surface area (Å²) in [6.45, 7) is 4.04. The maximum absolute atomic E-state index is 12.1. The minimum absolute atomic E-state index is 0.0398. The van der Waals surface area contributed by atoms with Gasteiger partial charge in [0.05, 0.1) is 11.7 Å². The van der Waals surface area contributed by atoms with Crippen molar-refractivity contribution < 1.29 is 14.6 Å². The second-order valence-corrected chi connectivity index (χ2v) is 4.84. The average Bonchev–Trinajstić information content (AvgIpc) is 2.47. The number of hydrogen-bond donors (Lipinski definition) is 2. The highest BCUT2D eigenvalue weighted by Gasteiger charge is 2.11. The number of carbonyl (C=O) groups excluding carboxylic acids is 1. The van der Waals surface area contributed by atoms with Crippen molar-refractivity contribution in [3.05, 3.63) is 54.1 Å². The van der Waals surface area contributed by atoms with Crippen LogP contribution in [0.5, 0.6) is 11.5 Å². The molecule has 0 bridgehead atoms. The van der Waals surface area contributed by atoms with Crippen LogP contribution in [0.4, 0.5) is 5.69 Å². The summed E-state index contributed by atoms with van der Waals surface area (Å²) in [6.07, 6.45) is 1.03. The van der Waals surface area contributed by atoms with Crippen LogP contribution < -0.4 is 10.1 Å². The predicted octanol–water partition coefficient (Wildman–Crippen LogP) is 3.82. The van der Waals surface area contributed by atoms with Gasteiger partial charge in [-0.15, -0.1) is 0 Å². The number of aromatic hydroxyl groups is 1. The van der Waals surface area contributed by atoms with E-state index in [1.54, 1.807) is 30.3 Å². The Morgan fingerprint density at radius 1 is 1.24 bits per heavy atom. The summed E-state index contributed by atoms with van der Waals surface area (Å²) in [5.41, 5.74) is 0.870. The zero-order valence-electron chi connectivity index (χ0n) is 12.2. The molecule has 0 heterocycles. The Hall–Kier alpha value is -2.49. The number of carbonyl (C=O) groups is 1. The van der Waals surface area contributed by atoms with Crippen LogP contribution in [0.3, 0.4) is 0 Å². The van der Waals surface area contributed by atoms with Gasteiger partial charge in [0.2, 0.25) is 0 Å². The van der Waals surface area contributed by atoms with Gasteiger partial charge in [-0.2, -0.15) is 0 Å². The fraction of sp³-hybridized carbons (Fsp3) is 0.235. The van der Waals surface area contributed by atoms with E-state index >= 15 is 0 Å². The molecule has 2 N–H and O–H groups in total. The van der Waals surface area contributed by atoms with E-state index in [4.69, 9.17) is 4.74 Å². The fourth-order valence-electron chi connectivity index (χ4n) is 1.83. The third-order valence-corrected chi connectivity index (χ3v) is 3.15. The van der Waals surface area contributed by atoms with Crippen molar-refractivity contribution in [2.24, 2.45) is 0 Å². The normalized spacial score (nSPS) is 11.7. The van der Waals surface area contributed by atoms with Gasteiger partial charge in [-0.25, -0.2) is 0 Å². The quantitative estimate of drug-likeness (QED) is 0.878. The average molecular weight is 285 g/mol. The number of anilines is 1. The van der Waals surface area contributed by atoms with Crippen molar-refractivity contribution in [3.63, 3.8) is 0 Å². The van der Waals surface area contributed by atoms with Crippen LogP contribution in [0.25, 0.3) is 0 Å². The maximum Gasteiger partial charge on any atom is 0.259 e. The van der Waals surface area contributed by atoms with Crippen LogP contribution >= 0.6 is 0 Å². The zero-order chi connectivity index (χ0) is 15.2. The van der Waals surface area contributed by atoms with Crippen molar-refractivity contribution in [1.29, 1.82) is 0 Å². The maximum atomic E-state index is 12.1. The number of benzene rings is 2. The number of hydrogen-bond acceptors (Lipinski definition) is 3. The van der Waals surface area contributed by atoms with Gasteiger partial charge < -0.3 is 15.2 Å². The van der Waals surface area contributed by atoms with Crippen molar-refractivity contribution >= 4 is 11.6 Å². The van der Waals surface area contributed by atoms with E-state index in [1.165, 1.54) is 6.07 Å². The van der Waals surface area contributed by atoms with Crippen molar-refractivity contribution in [2.75, 3.05) is 5.32 Å². The highest BCUT2D eigenvalue weighted by molar-refractivity contribution is 6.06. The molecule has 2 rings (SSSR count). The molecule has 0 aliphatic heterocycles. The predicted molar refractivity (Wildman–Crippen MR) is 82.9 cm³/mol. The van der Waals surface area contributed by atoms with Crippen LogP contribution in [-0.2, 0) is 0 Å². The molecule has 21 heavy (non-hydrogen) atoms. The summed E-state index contributed by atoms with van der Waals surface area (Å²) < 4.78 is 5.71. The van der Waals surface area contributed by atoms with Crippen LogP contribution in [-0.4, -0.2) is 17.1 Å². The molecule has 1 atom stereocenters. The molecule has 1 amide bonds. The SMILES string of the molecule is CCC(C)Oc1cccc(NC(=O)c2ccccc2O)c1. The van der Waals surface area contributed by atoms with Crippen LogP contribution in [0.2, 0.25) is 0 Å². The van der Waals surface area contributed by atoms with E-state index in [2.05, 4.69) is 12.2 Å². The van der Waals surface area contributed by atoms with Crippen molar-refractivity contribution in [1.82, 2.24) is 0 Å². The molecule has 0 radical (unpaired) electrons. The molecule has 2 aromatic carbocycles. The van der Waals surface area contributed by atoms with Crippen LogP contribution in [0, 0.1) is 0 Å². The summed E-state index contributed by atoms with van der Waals surface area (Å²) in [4.78, 5) is 12.1. The largest absolute Gasteiger partial charge is 0.507 e. The lowest BCUT2D eigenvalue weighted by Gasteiger charge is -2.13. The third kappa shape index (κ3) is 3.99. The van der Waals surface area contributed by atoms with Gasteiger partial charge in [-0.1, -0.05) is 25.1 Å². The number of para-hydroxylation sites is 1. The molecule has 0 spiro atoms. The Balaban J connectivity index is 2.11. The topological polar surface area (TPSA) is 58.6 Å². The first-order chi connectivity index (χ1) is 10.1. The number of ether oxygens (including phenoxy) is 1. The van der Waals surface area contributed by atoms with Gasteiger partial charge in [-0.05, 0) is 37.6 Å². The van der Waals surface area contributed by atoms with E-state index in [1.807, 2.05) is 19.1 Å². The first-order valence-electron chi connectivity index (χ1n) is 6.96. The Bertz CT molecular complexity index is 625. The third-order valence-electron chi connectivity index (χ3n) is 3.15. The van der Waals surface area contributed by atoms with E-state index < -0.39 is 0 Å². The highest BCUT2D eigenvalue weighted by Crippen LogP contribution is 2.21. The second-order valence-electron chi connectivity index (χ2n) is 4.84. The van der Waals surface area contributed by atoms with E-state index in [0.29, 0.717) is 11.4 Å². The molecule has 4 nitrogen and oxygen atoms in total. The first kappa shape index (κ1) is 14.9. The number of phenols is 1. The monoisotopic (exact) mass is 285 g/mol. The Kier molecular flexibility index (Phi) is 4.82. The van der Waals surface area contributed by atoms with Crippen LogP contribution in [0.1, 0.15) is 30.6 Å². The van der Waals surface area contributed by atoms with Gasteiger partial charge in [0, 0.05) is 11.8 Å². The number of amides is 1.